The van der Waals surface area contributed by atoms with E-state index in [1.807, 2.05) is 25.1 Å². The summed E-state index contributed by atoms with van der Waals surface area (Å²) in [6.45, 7) is 4.18. The summed E-state index contributed by atoms with van der Waals surface area (Å²) < 4.78 is 20.1. The van der Waals surface area contributed by atoms with E-state index in [2.05, 4.69) is 19.1 Å². The van der Waals surface area contributed by atoms with Gasteiger partial charge in [0.2, 0.25) is 0 Å². The number of halogens is 1. The van der Waals surface area contributed by atoms with Gasteiger partial charge >= 0.3 is 0 Å². The molecule has 0 saturated heterocycles. The molecule has 0 atom stereocenters. The topological polar surface area (TPSA) is 33.0 Å². The Bertz CT molecular complexity index is 860. The highest BCUT2D eigenvalue weighted by Gasteiger charge is 2.23. The van der Waals surface area contributed by atoms with E-state index in [1.165, 1.54) is 51.2 Å². The van der Waals surface area contributed by atoms with E-state index in [0.29, 0.717) is 29.0 Å². The minimum Gasteiger partial charge on any atom is -0.493 e. The summed E-state index contributed by atoms with van der Waals surface area (Å²) in [4.78, 5) is 0. The Labute approximate surface area is 168 Å². The molecule has 0 amide bonds. The Hall–Kier alpha value is -2.34. The molecule has 1 saturated carbocycles. The van der Waals surface area contributed by atoms with Gasteiger partial charge < -0.3 is 4.74 Å². The highest BCUT2D eigenvalue weighted by Crippen LogP contribution is 2.40. The number of hydrogen-bond donors (Lipinski definition) is 0. The lowest BCUT2D eigenvalue weighted by Crippen LogP contribution is -2.13. The van der Waals surface area contributed by atoms with Crippen molar-refractivity contribution in [1.82, 2.24) is 0 Å². The molecule has 3 heteroatoms. The van der Waals surface area contributed by atoms with Crippen molar-refractivity contribution in [3.8, 4) is 22.9 Å². The van der Waals surface area contributed by atoms with Crippen molar-refractivity contribution in [2.45, 2.75) is 64.7 Å². The number of aryl methyl sites for hydroxylation is 1. The number of methoxy groups -OCH3 is 1. The molecule has 2 aromatic carbocycles. The third-order valence-corrected chi connectivity index (χ3v) is 6.23. The smallest absolute Gasteiger partial charge is 0.168 e. The molecule has 148 valence electrons. The van der Waals surface area contributed by atoms with E-state index in [-0.39, 0.29) is 11.6 Å². The number of nitrogens with zero attached hydrogens (tertiary/aromatic N) is 1. The van der Waals surface area contributed by atoms with E-state index in [0.717, 1.165) is 11.5 Å². The molecule has 1 fully saturated rings. The van der Waals surface area contributed by atoms with Crippen LogP contribution in [0.3, 0.4) is 0 Å². The van der Waals surface area contributed by atoms with E-state index < -0.39 is 0 Å². The van der Waals surface area contributed by atoms with E-state index >= 15 is 0 Å². The summed E-state index contributed by atoms with van der Waals surface area (Å²) >= 11 is 0. The third kappa shape index (κ3) is 4.07. The van der Waals surface area contributed by atoms with Gasteiger partial charge in [-0.2, -0.15) is 5.26 Å². The molecular weight excluding hydrogens is 349 g/mol. The molecule has 0 aromatic heterocycles. The lowest BCUT2D eigenvalue weighted by atomic mass is 9.76. The van der Waals surface area contributed by atoms with Crippen LogP contribution < -0.4 is 4.74 Å². The largest absolute Gasteiger partial charge is 0.493 e. The van der Waals surface area contributed by atoms with Crippen LogP contribution in [0, 0.1) is 23.1 Å². The van der Waals surface area contributed by atoms with E-state index in [1.54, 1.807) is 6.07 Å². The quantitative estimate of drug-likeness (QED) is 0.541. The molecule has 3 rings (SSSR count). The number of ether oxygens (including phenoxy) is 1. The zero-order valence-electron chi connectivity index (χ0n) is 17.2. The zero-order chi connectivity index (χ0) is 20.1. The highest BCUT2D eigenvalue weighted by molar-refractivity contribution is 5.76. The van der Waals surface area contributed by atoms with Crippen molar-refractivity contribution in [3.05, 3.63) is 52.8 Å². The zero-order valence-corrected chi connectivity index (χ0v) is 17.2. The van der Waals surface area contributed by atoms with Gasteiger partial charge in [0.25, 0.3) is 0 Å². The van der Waals surface area contributed by atoms with Crippen LogP contribution in [0.4, 0.5) is 4.39 Å². The molecule has 0 aliphatic heterocycles. The lowest BCUT2D eigenvalue weighted by Gasteiger charge is -2.29. The number of hydrogen-bond acceptors (Lipinski definition) is 2. The predicted molar refractivity (Wildman–Crippen MR) is 112 cm³/mol. The Balaban J connectivity index is 1.91. The Morgan fingerprint density at radius 2 is 1.79 bits per heavy atom. The summed E-state index contributed by atoms with van der Waals surface area (Å²) in [5.41, 5.74) is 3.84. The molecule has 0 spiro atoms. The van der Waals surface area contributed by atoms with Gasteiger partial charge in [0.15, 0.2) is 11.6 Å². The van der Waals surface area contributed by atoms with Gasteiger partial charge in [0, 0.05) is 11.1 Å². The van der Waals surface area contributed by atoms with Crippen molar-refractivity contribution >= 4 is 0 Å². The summed E-state index contributed by atoms with van der Waals surface area (Å²) in [5.74, 6) is 1.28. The maximum Gasteiger partial charge on any atom is 0.168 e. The predicted octanol–water partition coefficient (Wildman–Crippen LogP) is 7.01. The van der Waals surface area contributed by atoms with Gasteiger partial charge in [-0.3, -0.25) is 0 Å². The maximum absolute atomic E-state index is 14.7. The first-order valence-electron chi connectivity index (χ1n) is 10.5. The number of nitriles is 1. The summed E-state index contributed by atoms with van der Waals surface area (Å²) in [6, 6.07) is 12.1. The molecule has 0 heterocycles. The molecule has 1 aliphatic carbocycles. The molecule has 2 nitrogen and oxygen atoms in total. The average molecular weight is 380 g/mol. The molecule has 0 radical (unpaired) electrons. The van der Waals surface area contributed by atoms with Crippen LogP contribution in [0.1, 0.15) is 75.0 Å². The highest BCUT2D eigenvalue weighted by atomic mass is 19.1. The summed E-state index contributed by atoms with van der Waals surface area (Å²) in [7, 11) is 1.48. The Morgan fingerprint density at radius 1 is 1.07 bits per heavy atom. The van der Waals surface area contributed by atoms with Gasteiger partial charge in [-0.25, -0.2) is 4.39 Å². The normalized spacial score (nSPS) is 19.2. The lowest BCUT2D eigenvalue weighted by molar-refractivity contribution is 0.308. The van der Waals surface area contributed by atoms with Gasteiger partial charge in [-0.05, 0) is 61.1 Å². The fourth-order valence-corrected chi connectivity index (χ4v) is 4.62. The second-order valence-electron chi connectivity index (χ2n) is 7.90. The van der Waals surface area contributed by atoms with Crippen molar-refractivity contribution < 1.29 is 9.13 Å². The standard InChI is InChI=1S/C25H30FNO/c1-4-6-17-7-9-19(10-8-17)20-12-13-22(21(15-20)16-27)23-14-11-18(5-2)24(26)25(23)28-3/h11-15,17,19H,4-10H2,1-3H3. The molecule has 0 bridgehead atoms. The SMILES string of the molecule is CCCC1CCC(c2ccc(-c3ccc(CC)c(F)c3OC)c(C#N)c2)CC1. The second-order valence-corrected chi connectivity index (χ2v) is 7.90. The van der Waals surface area contributed by atoms with Gasteiger partial charge in [0.1, 0.15) is 0 Å². The molecule has 1 aliphatic rings. The fourth-order valence-electron chi connectivity index (χ4n) is 4.62. The van der Waals surface area contributed by atoms with Gasteiger partial charge in [-0.15, -0.1) is 0 Å². The maximum atomic E-state index is 14.7. The summed E-state index contributed by atoms with van der Waals surface area (Å²) in [6.07, 6.45) is 8.13. The van der Waals surface area contributed by atoms with Crippen LogP contribution in [0.2, 0.25) is 0 Å². The first-order chi connectivity index (χ1) is 13.6. The van der Waals surface area contributed by atoms with Crippen molar-refractivity contribution in [2.24, 2.45) is 5.92 Å². The third-order valence-electron chi connectivity index (χ3n) is 6.23. The minimum absolute atomic E-state index is 0.226. The molecule has 0 unspecified atom stereocenters. The van der Waals surface area contributed by atoms with Crippen LogP contribution in [0.15, 0.2) is 30.3 Å². The molecule has 2 aromatic rings. The number of rotatable bonds is 6. The minimum atomic E-state index is -0.329. The average Bonchev–Trinajstić information content (AvgIpc) is 2.74. The van der Waals surface area contributed by atoms with Crippen molar-refractivity contribution in [2.75, 3.05) is 7.11 Å². The molecule has 0 N–H and O–H groups in total. The van der Waals surface area contributed by atoms with Gasteiger partial charge in [-0.1, -0.05) is 51.0 Å². The Kier molecular flexibility index (Phi) is 6.73. The summed E-state index contributed by atoms with van der Waals surface area (Å²) in [5, 5.41) is 9.76. The monoisotopic (exact) mass is 379 g/mol. The first-order valence-corrected chi connectivity index (χ1v) is 10.5. The van der Waals surface area contributed by atoms with Crippen LogP contribution in [-0.4, -0.2) is 7.11 Å². The van der Waals surface area contributed by atoms with Crippen LogP contribution in [0.25, 0.3) is 11.1 Å². The van der Waals surface area contributed by atoms with Crippen molar-refractivity contribution in [1.29, 1.82) is 5.26 Å². The first kappa shape index (κ1) is 20.4. The van der Waals surface area contributed by atoms with Crippen LogP contribution in [-0.2, 0) is 6.42 Å². The van der Waals surface area contributed by atoms with Crippen LogP contribution >= 0.6 is 0 Å². The number of benzene rings is 2. The van der Waals surface area contributed by atoms with E-state index in [9.17, 15) is 9.65 Å². The molecule has 28 heavy (non-hydrogen) atoms. The van der Waals surface area contributed by atoms with E-state index in [4.69, 9.17) is 4.74 Å². The molecular formula is C25H30FNO. The van der Waals surface area contributed by atoms with Crippen LogP contribution in [0.5, 0.6) is 5.75 Å². The van der Waals surface area contributed by atoms with Crippen molar-refractivity contribution in [3.63, 3.8) is 0 Å². The second kappa shape index (κ2) is 9.24. The van der Waals surface area contributed by atoms with Gasteiger partial charge in [0.05, 0.1) is 18.7 Å². The fraction of sp³-hybridized carbons (Fsp3) is 0.480. The Morgan fingerprint density at radius 3 is 2.39 bits per heavy atom.